The number of halogens is 1. The standard InChI is InChI=1S/C18H22FNOS/c1-3-13(4-2)18(16-10-7-11-22-16)20-17(21)12-14-8-5-6-9-15(14)19/h5-11,13,18H,3-4,12H2,1-2H3,(H,20,21)/t18-/m1/s1. The molecule has 4 heteroatoms. The molecule has 1 amide bonds. The van der Waals surface area contributed by atoms with E-state index in [4.69, 9.17) is 0 Å². The van der Waals surface area contributed by atoms with E-state index in [2.05, 4.69) is 25.2 Å². The predicted molar refractivity (Wildman–Crippen MR) is 89.4 cm³/mol. The molecular weight excluding hydrogens is 297 g/mol. The van der Waals surface area contributed by atoms with Crippen molar-refractivity contribution >= 4 is 17.2 Å². The average Bonchev–Trinajstić information content (AvgIpc) is 3.04. The Balaban J connectivity index is 2.10. The van der Waals surface area contributed by atoms with E-state index in [0.717, 1.165) is 17.7 Å². The van der Waals surface area contributed by atoms with Crippen molar-refractivity contribution in [2.75, 3.05) is 0 Å². The molecule has 0 aliphatic heterocycles. The molecule has 1 aromatic heterocycles. The molecule has 0 bridgehead atoms. The molecule has 0 saturated heterocycles. The lowest BCUT2D eigenvalue weighted by atomic mass is 9.92. The minimum Gasteiger partial charge on any atom is -0.348 e. The Morgan fingerprint density at radius 2 is 1.91 bits per heavy atom. The van der Waals surface area contributed by atoms with E-state index in [1.165, 1.54) is 6.07 Å². The number of rotatable bonds is 7. The van der Waals surface area contributed by atoms with Gasteiger partial charge in [-0.05, 0) is 29.0 Å². The summed E-state index contributed by atoms with van der Waals surface area (Å²) < 4.78 is 13.7. The lowest BCUT2D eigenvalue weighted by Gasteiger charge is -2.25. The maximum atomic E-state index is 13.7. The Morgan fingerprint density at radius 1 is 1.18 bits per heavy atom. The van der Waals surface area contributed by atoms with E-state index >= 15 is 0 Å². The van der Waals surface area contributed by atoms with Crippen LogP contribution < -0.4 is 5.32 Å². The number of benzene rings is 1. The zero-order valence-corrected chi connectivity index (χ0v) is 13.8. The van der Waals surface area contributed by atoms with Crippen molar-refractivity contribution in [3.63, 3.8) is 0 Å². The fraction of sp³-hybridized carbons (Fsp3) is 0.389. The van der Waals surface area contributed by atoms with Gasteiger partial charge in [0.25, 0.3) is 0 Å². The normalized spacial score (nSPS) is 12.4. The Labute approximate surface area is 135 Å². The number of hydrogen-bond donors (Lipinski definition) is 1. The minimum atomic E-state index is -0.326. The third kappa shape index (κ3) is 4.17. The maximum Gasteiger partial charge on any atom is 0.225 e. The predicted octanol–water partition coefficient (Wildman–Crippen LogP) is 4.72. The fourth-order valence-electron chi connectivity index (χ4n) is 2.69. The summed E-state index contributed by atoms with van der Waals surface area (Å²) in [6, 6.07) is 10.5. The molecular formula is C18H22FNOS. The zero-order valence-electron chi connectivity index (χ0n) is 13.0. The highest BCUT2D eigenvalue weighted by atomic mass is 32.1. The molecule has 1 N–H and O–H groups in total. The van der Waals surface area contributed by atoms with Gasteiger partial charge in [0.05, 0.1) is 12.5 Å². The molecule has 2 aromatic rings. The molecule has 0 aliphatic rings. The number of nitrogens with one attached hydrogen (secondary N) is 1. The van der Waals surface area contributed by atoms with E-state index in [1.807, 2.05) is 11.4 Å². The van der Waals surface area contributed by atoms with Crippen LogP contribution in [0.2, 0.25) is 0 Å². The van der Waals surface area contributed by atoms with Crippen LogP contribution in [0.4, 0.5) is 4.39 Å². The molecule has 2 rings (SSSR count). The first-order valence-corrected chi connectivity index (χ1v) is 8.59. The van der Waals surface area contributed by atoms with Crippen molar-refractivity contribution in [3.05, 3.63) is 58.0 Å². The molecule has 118 valence electrons. The molecule has 0 saturated carbocycles. The number of carbonyl (C=O) groups excluding carboxylic acids is 1. The van der Waals surface area contributed by atoms with Crippen molar-refractivity contribution in [1.82, 2.24) is 5.32 Å². The molecule has 1 atom stereocenters. The van der Waals surface area contributed by atoms with Gasteiger partial charge < -0.3 is 5.32 Å². The Kier molecular flexibility index (Phi) is 6.13. The molecule has 0 spiro atoms. The summed E-state index contributed by atoms with van der Waals surface area (Å²) in [5.74, 6) is -0.0634. The van der Waals surface area contributed by atoms with Crippen LogP contribution in [0.3, 0.4) is 0 Å². The third-order valence-electron chi connectivity index (χ3n) is 4.00. The van der Waals surface area contributed by atoms with Crippen LogP contribution in [-0.2, 0) is 11.2 Å². The second kappa shape index (κ2) is 8.08. The minimum absolute atomic E-state index is 0.00859. The Bertz CT molecular complexity index is 593. The monoisotopic (exact) mass is 319 g/mol. The van der Waals surface area contributed by atoms with Crippen LogP contribution in [0.1, 0.15) is 43.2 Å². The highest BCUT2D eigenvalue weighted by Gasteiger charge is 2.23. The molecule has 0 unspecified atom stereocenters. The molecule has 0 aliphatic carbocycles. The average molecular weight is 319 g/mol. The molecule has 1 aromatic carbocycles. The van der Waals surface area contributed by atoms with Gasteiger partial charge in [-0.3, -0.25) is 4.79 Å². The highest BCUT2D eigenvalue weighted by Crippen LogP contribution is 2.30. The number of carbonyl (C=O) groups is 1. The van der Waals surface area contributed by atoms with E-state index in [1.54, 1.807) is 29.5 Å². The highest BCUT2D eigenvalue weighted by molar-refractivity contribution is 7.10. The van der Waals surface area contributed by atoms with E-state index in [9.17, 15) is 9.18 Å². The van der Waals surface area contributed by atoms with Crippen LogP contribution in [0.25, 0.3) is 0 Å². The van der Waals surface area contributed by atoms with Crippen molar-refractivity contribution in [2.24, 2.45) is 5.92 Å². The van der Waals surface area contributed by atoms with Crippen molar-refractivity contribution in [2.45, 2.75) is 39.2 Å². The molecule has 0 fully saturated rings. The smallest absolute Gasteiger partial charge is 0.225 e. The SMILES string of the molecule is CCC(CC)[C@@H](NC(=O)Cc1ccccc1F)c1cccs1. The van der Waals surface area contributed by atoms with Crippen LogP contribution in [0, 0.1) is 11.7 Å². The Morgan fingerprint density at radius 3 is 2.50 bits per heavy atom. The van der Waals surface area contributed by atoms with Gasteiger partial charge in [0.15, 0.2) is 0 Å². The van der Waals surface area contributed by atoms with Crippen LogP contribution in [-0.4, -0.2) is 5.91 Å². The van der Waals surface area contributed by atoms with Crippen molar-refractivity contribution in [1.29, 1.82) is 0 Å². The number of amides is 1. The first kappa shape index (κ1) is 16.7. The molecule has 0 radical (unpaired) electrons. The van der Waals surface area contributed by atoms with Crippen molar-refractivity contribution < 1.29 is 9.18 Å². The van der Waals surface area contributed by atoms with E-state index < -0.39 is 0 Å². The topological polar surface area (TPSA) is 29.1 Å². The van der Waals surface area contributed by atoms with Crippen molar-refractivity contribution in [3.8, 4) is 0 Å². The second-order valence-corrected chi connectivity index (χ2v) is 6.38. The summed E-state index contributed by atoms with van der Waals surface area (Å²) in [6.45, 7) is 4.27. The summed E-state index contributed by atoms with van der Waals surface area (Å²) in [6.07, 6.45) is 2.08. The number of hydrogen-bond acceptors (Lipinski definition) is 2. The van der Waals surface area contributed by atoms with Gasteiger partial charge >= 0.3 is 0 Å². The Hall–Kier alpha value is -1.68. The fourth-order valence-corrected chi connectivity index (χ4v) is 3.56. The van der Waals surface area contributed by atoms with Gasteiger partial charge in [-0.2, -0.15) is 0 Å². The van der Waals surface area contributed by atoms with Gasteiger partial charge in [-0.1, -0.05) is 51.0 Å². The summed E-state index contributed by atoms with van der Waals surface area (Å²) in [5, 5.41) is 5.12. The molecule has 2 nitrogen and oxygen atoms in total. The van der Waals surface area contributed by atoms with Gasteiger partial charge in [0.1, 0.15) is 5.82 Å². The van der Waals surface area contributed by atoms with Gasteiger partial charge in [-0.25, -0.2) is 4.39 Å². The summed E-state index contributed by atoms with van der Waals surface area (Å²) in [4.78, 5) is 13.5. The second-order valence-electron chi connectivity index (χ2n) is 5.41. The maximum absolute atomic E-state index is 13.7. The van der Waals surface area contributed by atoms with Gasteiger partial charge in [0.2, 0.25) is 5.91 Å². The van der Waals surface area contributed by atoms with Crippen LogP contribution in [0.5, 0.6) is 0 Å². The molecule has 1 heterocycles. The summed E-state index contributed by atoms with van der Waals surface area (Å²) in [7, 11) is 0. The lowest BCUT2D eigenvalue weighted by Crippen LogP contribution is -2.34. The third-order valence-corrected chi connectivity index (χ3v) is 4.95. The largest absolute Gasteiger partial charge is 0.348 e. The summed E-state index contributed by atoms with van der Waals surface area (Å²) >= 11 is 1.65. The quantitative estimate of drug-likeness (QED) is 0.786. The first-order valence-electron chi connectivity index (χ1n) is 7.71. The van der Waals surface area contributed by atoms with Gasteiger partial charge in [-0.15, -0.1) is 11.3 Å². The first-order chi connectivity index (χ1) is 10.7. The zero-order chi connectivity index (χ0) is 15.9. The lowest BCUT2D eigenvalue weighted by molar-refractivity contribution is -0.121. The van der Waals surface area contributed by atoms with E-state index in [-0.39, 0.29) is 24.2 Å². The van der Waals surface area contributed by atoms with E-state index in [0.29, 0.717) is 11.5 Å². The van der Waals surface area contributed by atoms with Crippen LogP contribution >= 0.6 is 11.3 Å². The number of thiophene rings is 1. The van der Waals surface area contributed by atoms with Gasteiger partial charge in [0, 0.05) is 4.88 Å². The summed E-state index contributed by atoms with van der Waals surface area (Å²) in [5.41, 5.74) is 0.439. The molecule has 22 heavy (non-hydrogen) atoms. The van der Waals surface area contributed by atoms with Crippen LogP contribution in [0.15, 0.2) is 41.8 Å².